The van der Waals surface area contributed by atoms with Gasteiger partial charge < -0.3 is 10.6 Å². The van der Waals surface area contributed by atoms with Crippen LogP contribution < -0.4 is 10.6 Å². The van der Waals surface area contributed by atoms with E-state index in [1.807, 2.05) is 24.3 Å². The first-order chi connectivity index (χ1) is 9.79. The van der Waals surface area contributed by atoms with Gasteiger partial charge in [-0.25, -0.2) is 0 Å². The van der Waals surface area contributed by atoms with Crippen molar-refractivity contribution in [2.45, 2.75) is 13.0 Å². The van der Waals surface area contributed by atoms with Crippen molar-refractivity contribution in [3.63, 3.8) is 0 Å². The van der Waals surface area contributed by atoms with Gasteiger partial charge in [-0.15, -0.1) is 35.3 Å². The van der Waals surface area contributed by atoms with Crippen LogP contribution in [0.5, 0.6) is 0 Å². The number of halogens is 2. The van der Waals surface area contributed by atoms with Crippen LogP contribution in [0, 0.1) is 0 Å². The topological polar surface area (TPSA) is 36.4 Å². The number of hydrogen-bond donors (Lipinski definition) is 2. The van der Waals surface area contributed by atoms with Crippen molar-refractivity contribution in [2.24, 2.45) is 4.99 Å². The zero-order chi connectivity index (χ0) is 14.2. The molecule has 0 aliphatic rings. The second kappa shape index (κ2) is 10.0. The summed E-state index contributed by atoms with van der Waals surface area (Å²) in [5.41, 5.74) is 1.15. The highest BCUT2D eigenvalue weighted by Gasteiger charge is 2.01. The Bertz CT molecular complexity index is 558. The summed E-state index contributed by atoms with van der Waals surface area (Å²) >= 11 is 7.87. The van der Waals surface area contributed by atoms with E-state index in [0.717, 1.165) is 36.1 Å². The molecule has 0 saturated heterocycles. The van der Waals surface area contributed by atoms with Crippen LogP contribution in [0.4, 0.5) is 0 Å². The first-order valence-corrected chi connectivity index (χ1v) is 7.75. The lowest BCUT2D eigenvalue weighted by Gasteiger charge is -2.11. The Morgan fingerprint density at radius 3 is 2.67 bits per heavy atom. The van der Waals surface area contributed by atoms with Crippen molar-refractivity contribution in [2.75, 3.05) is 13.6 Å². The van der Waals surface area contributed by atoms with Crippen LogP contribution in [0.1, 0.15) is 10.4 Å². The molecular weight excluding hydrogens is 417 g/mol. The van der Waals surface area contributed by atoms with Gasteiger partial charge in [-0.2, -0.15) is 0 Å². The first kappa shape index (κ1) is 18.3. The van der Waals surface area contributed by atoms with E-state index in [9.17, 15) is 0 Å². The Balaban J connectivity index is 0.00000220. The van der Waals surface area contributed by atoms with Crippen LogP contribution in [0.25, 0.3) is 0 Å². The summed E-state index contributed by atoms with van der Waals surface area (Å²) in [4.78, 5) is 5.50. The molecular formula is C15H19ClIN3S. The Kier molecular flexibility index (Phi) is 8.72. The molecule has 0 amide bonds. The van der Waals surface area contributed by atoms with Crippen LogP contribution in [0.2, 0.25) is 5.02 Å². The number of rotatable bonds is 5. The van der Waals surface area contributed by atoms with E-state index in [-0.39, 0.29) is 24.0 Å². The predicted octanol–water partition coefficient (Wildman–Crippen LogP) is 3.93. The molecule has 0 unspecified atom stereocenters. The minimum atomic E-state index is 0. The number of nitrogens with one attached hydrogen (secondary N) is 2. The molecule has 3 nitrogen and oxygen atoms in total. The number of benzene rings is 1. The van der Waals surface area contributed by atoms with Crippen molar-refractivity contribution in [3.05, 3.63) is 57.2 Å². The molecule has 0 saturated carbocycles. The molecule has 2 aromatic rings. The van der Waals surface area contributed by atoms with Crippen molar-refractivity contribution in [3.8, 4) is 0 Å². The Hall–Kier alpha value is -0.790. The molecule has 0 bridgehead atoms. The summed E-state index contributed by atoms with van der Waals surface area (Å²) in [6.45, 7) is 1.59. The fourth-order valence-corrected chi connectivity index (χ4v) is 2.70. The van der Waals surface area contributed by atoms with E-state index in [1.165, 1.54) is 4.88 Å². The lowest BCUT2D eigenvalue weighted by atomic mass is 10.1. The highest BCUT2D eigenvalue weighted by atomic mass is 127. The zero-order valence-electron chi connectivity index (χ0n) is 11.8. The lowest BCUT2D eigenvalue weighted by Crippen LogP contribution is -2.37. The molecule has 1 aromatic carbocycles. The summed E-state index contributed by atoms with van der Waals surface area (Å²) in [6.07, 6.45) is 0.874. The molecule has 0 radical (unpaired) electrons. The fourth-order valence-electron chi connectivity index (χ4n) is 1.82. The van der Waals surface area contributed by atoms with Gasteiger partial charge in [0.2, 0.25) is 0 Å². The minimum absolute atomic E-state index is 0. The maximum Gasteiger partial charge on any atom is 0.191 e. The molecule has 6 heteroatoms. The van der Waals surface area contributed by atoms with Gasteiger partial charge in [-0.05, 0) is 29.5 Å². The second-order valence-corrected chi connectivity index (χ2v) is 5.71. The van der Waals surface area contributed by atoms with Crippen LogP contribution in [-0.2, 0) is 13.0 Å². The largest absolute Gasteiger partial charge is 0.356 e. The number of hydrogen-bond acceptors (Lipinski definition) is 2. The summed E-state index contributed by atoms with van der Waals surface area (Å²) in [7, 11) is 1.78. The van der Waals surface area contributed by atoms with Gasteiger partial charge in [0.25, 0.3) is 0 Å². The smallest absolute Gasteiger partial charge is 0.191 e. The van der Waals surface area contributed by atoms with Gasteiger partial charge in [0.15, 0.2) is 5.96 Å². The molecule has 0 aliphatic carbocycles. The van der Waals surface area contributed by atoms with E-state index in [0.29, 0.717) is 0 Å². The third-order valence-corrected chi connectivity index (χ3v) is 4.12. The fraction of sp³-hybridized carbons (Fsp3) is 0.267. The third-order valence-electron chi connectivity index (χ3n) is 2.88. The molecule has 0 atom stereocenters. The lowest BCUT2D eigenvalue weighted by molar-refractivity contribution is 0.799. The van der Waals surface area contributed by atoms with E-state index in [1.54, 1.807) is 18.4 Å². The zero-order valence-corrected chi connectivity index (χ0v) is 15.7. The van der Waals surface area contributed by atoms with Crippen molar-refractivity contribution < 1.29 is 0 Å². The standard InChI is InChI=1S/C15H18ClN3S.HI/c1-17-15(19-11-13-6-4-10-20-13)18-9-8-12-5-2-3-7-14(12)16;/h2-7,10H,8-9,11H2,1H3,(H2,17,18,19);1H. The van der Waals surface area contributed by atoms with Gasteiger partial charge in [-0.3, -0.25) is 4.99 Å². The van der Waals surface area contributed by atoms with Gasteiger partial charge in [-0.1, -0.05) is 35.9 Å². The SMILES string of the molecule is CN=C(NCCc1ccccc1Cl)NCc1cccs1.I. The highest BCUT2D eigenvalue weighted by molar-refractivity contribution is 14.0. The summed E-state index contributed by atoms with van der Waals surface area (Å²) in [6, 6.07) is 12.1. The van der Waals surface area contributed by atoms with Gasteiger partial charge in [0, 0.05) is 23.5 Å². The van der Waals surface area contributed by atoms with Crippen LogP contribution in [0.3, 0.4) is 0 Å². The summed E-state index contributed by atoms with van der Waals surface area (Å²) < 4.78 is 0. The van der Waals surface area contributed by atoms with E-state index in [2.05, 4.69) is 33.1 Å². The van der Waals surface area contributed by atoms with E-state index >= 15 is 0 Å². The quantitative estimate of drug-likeness (QED) is 0.424. The average Bonchev–Trinajstić information content (AvgIpc) is 2.98. The molecule has 2 N–H and O–H groups in total. The molecule has 0 aliphatic heterocycles. The molecule has 1 aromatic heterocycles. The maximum atomic E-state index is 6.13. The van der Waals surface area contributed by atoms with Crippen LogP contribution >= 0.6 is 46.9 Å². The van der Waals surface area contributed by atoms with Crippen molar-refractivity contribution in [1.82, 2.24) is 10.6 Å². The molecule has 0 fully saturated rings. The Labute approximate surface area is 151 Å². The normalized spacial score (nSPS) is 10.9. The number of guanidine groups is 1. The molecule has 21 heavy (non-hydrogen) atoms. The molecule has 2 rings (SSSR count). The molecule has 0 spiro atoms. The van der Waals surface area contributed by atoms with E-state index in [4.69, 9.17) is 11.6 Å². The number of thiophene rings is 1. The third kappa shape index (κ3) is 6.23. The number of aliphatic imine (C=N–C) groups is 1. The van der Waals surface area contributed by atoms with Crippen LogP contribution in [0.15, 0.2) is 46.8 Å². The van der Waals surface area contributed by atoms with Gasteiger partial charge >= 0.3 is 0 Å². The second-order valence-electron chi connectivity index (χ2n) is 4.27. The maximum absolute atomic E-state index is 6.13. The highest BCUT2D eigenvalue weighted by Crippen LogP contribution is 2.14. The van der Waals surface area contributed by atoms with Crippen molar-refractivity contribution >= 4 is 52.9 Å². The van der Waals surface area contributed by atoms with Gasteiger partial charge in [0.1, 0.15) is 0 Å². The predicted molar refractivity (Wildman–Crippen MR) is 103 cm³/mol. The number of nitrogens with zero attached hydrogens (tertiary/aromatic N) is 1. The summed E-state index contributed by atoms with van der Waals surface area (Å²) in [5, 5.41) is 9.47. The van der Waals surface area contributed by atoms with E-state index < -0.39 is 0 Å². The monoisotopic (exact) mass is 435 g/mol. The molecule has 1 heterocycles. The average molecular weight is 436 g/mol. The summed E-state index contributed by atoms with van der Waals surface area (Å²) in [5.74, 6) is 0.811. The first-order valence-electron chi connectivity index (χ1n) is 6.50. The van der Waals surface area contributed by atoms with Gasteiger partial charge in [0.05, 0.1) is 6.54 Å². The Morgan fingerprint density at radius 1 is 1.19 bits per heavy atom. The Morgan fingerprint density at radius 2 is 2.00 bits per heavy atom. The van der Waals surface area contributed by atoms with Crippen LogP contribution in [-0.4, -0.2) is 19.6 Å². The molecule has 114 valence electrons. The van der Waals surface area contributed by atoms with Crippen molar-refractivity contribution in [1.29, 1.82) is 0 Å². The minimum Gasteiger partial charge on any atom is -0.356 e.